The first-order valence-corrected chi connectivity index (χ1v) is 4.12. The number of carbonyl (C=O) groups is 1. The molecule has 0 radical (unpaired) electrons. The van der Waals surface area contributed by atoms with Crippen molar-refractivity contribution in [3.8, 4) is 0 Å². The molecular weight excluding hydrogens is 190 g/mol. The van der Waals surface area contributed by atoms with Crippen LogP contribution in [0.4, 0.5) is 10.5 Å². The first-order valence-electron chi connectivity index (χ1n) is 3.74. The molecule has 0 aliphatic heterocycles. The van der Waals surface area contributed by atoms with Gasteiger partial charge in [0, 0.05) is 10.7 Å². The Kier molecular flexibility index (Phi) is 3.14. The van der Waals surface area contributed by atoms with Crippen LogP contribution in [-0.4, -0.2) is 13.2 Å². The molecule has 1 amide bonds. The highest BCUT2D eigenvalue weighted by Gasteiger charge is 2.01. The van der Waals surface area contributed by atoms with E-state index in [1.807, 2.05) is 6.92 Å². The van der Waals surface area contributed by atoms with Gasteiger partial charge in [0.15, 0.2) is 0 Å². The van der Waals surface area contributed by atoms with Crippen molar-refractivity contribution in [2.45, 2.75) is 6.92 Å². The predicted molar refractivity (Wildman–Crippen MR) is 52.2 cm³/mol. The Morgan fingerprint density at radius 2 is 2.23 bits per heavy atom. The minimum atomic E-state index is -0.485. The number of aryl methyl sites for hydroxylation is 1. The zero-order valence-corrected chi connectivity index (χ0v) is 8.18. The lowest BCUT2D eigenvalue weighted by molar-refractivity contribution is 0.187. The quantitative estimate of drug-likeness (QED) is 0.756. The summed E-state index contributed by atoms with van der Waals surface area (Å²) < 4.78 is 4.44. The zero-order chi connectivity index (χ0) is 9.84. The molecule has 1 rings (SSSR count). The summed E-state index contributed by atoms with van der Waals surface area (Å²) in [6.07, 6.45) is -0.485. The number of benzene rings is 1. The summed E-state index contributed by atoms with van der Waals surface area (Å²) in [4.78, 5) is 10.8. The Hall–Kier alpha value is -1.22. The third kappa shape index (κ3) is 2.63. The minimum Gasteiger partial charge on any atom is -0.453 e. The van der Waals surface area contributed by atoms with Gasteiger partial charge in [0.05, 0.1) is 7.11 Å². The molecule has 0 saturated carbocycles. The van der Waals surface area contributed by atoms with Crippen LogP contribution in [0.5, 0.6) is 0 Å². The molecular formula is C9H10ClNO2. The van der Waals surface area contributed by atoms with E-state index in [2.05, 4.69) is 10.1 Å². The second-order valence-electron chi connectivity index (χ2n) is 2.58. The second-order valence-corrected chi connectivity index (χ2v) is 2.99. The van der Waals surface area contributed by atoms with Crippen molar-refractivity contribution in [2.24, 2.45) is 0 Å². The highest BCUT2D eigenvalue weighted by atomic mass is 35.5. The number of hydrogen-bond donors (Lipinski definition) is 1. The molecule has 4 heteroatoms. The smallest absolute Gasteiger partial charge is 0.411 e. The maximum absolute atomic E-state index is 10.8. The van der Waals surface area contributed by atoms with E-state index in [1.165, 1.54) is 7.11 Å². The number of hydrogen-bond acceptors (Lipinski definition) is 2. The van der Waals surface area contributed by atoms with Crippen LogP contribution in [0.3, 0.4) is 0 Å². The van der Waals surface area contributed by atoms with Gasteiger partial charge in [-0.05, 0) is 30.7 Å². The Bertz CT molecular complexity index is 325. The van der Waals surface area contributed by atoms with E-state index in [4.69, 9.17) is 11.6 Å². The van der Waals surface area contributed by atoms with Gasteiger partial charge in [0.2, 0.25) is 0 Å². The fourth-order valence-electron chi connectivity index (χ4n) is 0.891. The van der Waals surface area contributed by atoms with Gasteiger partial charge in [0.1, 0.15) is 0 Å². The Morgan fingerprint density at radius 3 is 2.77 bits per heavy atom. The largest absolute Gasteiger partial charge is 0.453 e. The van der Waals surface area contributed by atoms with Crippen molar-refractivity contribution < 1.29 is 9.53 Å². The molecule has 0 saturated heterocycles. The molecule has 0 bridgehead atoms. The first-order chi connectivity index (χ1) is 6.13. The molecule has 13 heavy (non-hydrogen) atoms. The number of methoxy groups -OCH3 is 1. The lowest BCUT2D eigenvalue weighted by atomic mass is 10.2. The number of ether oxygens (including phenoxy) is 1. The number of amides is 1. The van der Waals surface area contributed by atoms with Gasteiger partial charge in [-0.2, -0.15) is 0 Å². The number of carbonyl (C=O) groups excluding carboxylic acids is 1. The molecule has 0 fully saturated rings. The summed E-state index contributed by atoms with van der Waals surface area (Å²) in [7, 11) is 1.32. The third-order valence-electron chi connectivity index (χ3n) is 1.59. The fourth-order valence-corrected chi connectivity index (χ4v) is 1.01. The van der Waals surface area contributed by atoms with E-state index in [-0.39, 0.29) is 0 Å². The second kappa shape index (κ2) is 4.14. The van der Waals surface area contributed by atoms with Crippen LogP contribution in [-0.2, 0) is 4.74 Å². The maximum atomic E-state index is 10.8. The third-order valence-corrected chi connectivity index (χ3v) is 2.01. The van der Waals surface area contributed by atoms with Crippen LogP contribution in [0.2, 0.25) is 5.02 Å². The SMILES string of the molecule is COC(=O)Nc1ccc(Cl)c(C)c1. The first kappa shape index (κ1) is 9.86. The van der Waals surface area contributed by atoms with Crippen LogP contribution >= 0.6 is 11.6 Å². The average molecular weight is 200 g/mol. The standard InChI is InChI=1S/C9H10ClNO2/c1-6-5-7(3-4-8(6)10)11-9(12)13-2/h3-5H,1-2H3,(H,11,12). The Morgan fingerprint density at radius 1 is 1.54 bits per heavy atom. The molecule has 1 aromatic rings. The van der Waals surface area contributed by atoms with E-state index in [1.54, 1.807) is 18.2 Å². The van der Waals surface area contributed by atoms with Gasteiger partial charge in [-0.1, -0.05) is 11.6 Å². The Balaban J connectivity index is 2.79. The molecule has 0 heterocycles. The van der Waals surface area contributed by atoms with Crippen LogP contribution in [0, 0.1) is 6.92 Å². The van der Waals surface area contributed by atoms with Crippen LogP contribution in [0.25, 0.3) is 0 Å². The molecule has 0 spiro atoms. The molecule has 1 N–H and O–H groups in total. The highest BCUT2D eigenvalue weighted by Crippen LogP contribution is 2.19. The molecule has 0 aliphatic rings. The number of nitrogens with one attached hydrogen (secondary N) is 1. The van der Waals surface area contributed by atoms with Crippen molar-refractivity contribution in [2.75, 3.05) is 12.4 Å². The van der Waals surface area contributed by atoms with Gasteiger partial charge in [-0.25, -0.2) is 4.79 Å². The van der Waals surface area contributed by atoms with Crippen LogP contribution in [0.15, 0.2) is 18.2 Å². The van der Waals surface area contributed by atoms with Crippen LogP contribution < -0.4 is 5.32 Å². The van der Waals surface area contributed by atoms with Crippen molar-refractivity contribution >= 4 is 23.4 Å². The normalized spacial score (nSPS) is 9.46. The number of anilines is 1. The van der Waals surface area contributed by atoms with Crippen molar-refractivity contribution in [3.63, 3.8) is 0 Å². The summed E-state index contributed by atoms with van der Waals surface area (Å²) >= 11 is 5.81. The van der Waals surface area contributed by atoms with Gasteiger partial charge < -0.3 is 4.74 Å². The summed E-state index contributed by atoms with van der Waals surface area (Å²) in [6.45, 7) is 1.87. The lowest BCUT2D eigenvalue weighted by Gasteiger charge is -2.04. The molecule has 0 unspecified atom stereocenters. The monoisotopic (exact) mass is 199 g/mol. The summed E-state index contributed by atoms with van der Waals surface area (Å²) in [6, 6.07) is 5.22. The maximum Gasteiger partial charge on any atom is 0.411 e. The zero-order valence-electron chi connectivity index (χ0n) is 7.43. The van der Waals surface area contributed by atoms with Gasteiger partial charge in [-0.15, -0.1) is 0 Å². The van der Waals surface area contributed by atoms with Gasteiger partial charge in [0.25, 0.3) is 0 Å². The van der Waals surface area contributed by atoms with Crippen molar-refractivity contribution in [1.82, 2.24) is 0 Å². The lowest BCUT2D eigenvalue weighted by Crippen LogP contribution is -2.10. The molecule has 3 nitrogen and oxygen atoms in total. The minimum absolute atomic E-state index is 0.485. The number of rotatable bonds is 1. The van der Waals surface area contributed by atoms with E-state index < -0.39 is 6.09 Å². The molecule has 70 valence electrons. The van der Waals surface area contributed by atoms with Crippen LogP contribution in [0.1, 0.15) is 5.56 Å². The van der Waals surface area contributed by atoms with Crippen molar-refractivity contribution in [3.05, 3.63) is 28.8 Å². The number of halogens is 1. The van der Waals surface area contributed by atoms with E-state index in [0.29, 0.717) is 10.7 Å². The topological polar surface area (TPSA) is 38.3 Å². The molecule has 1 aromatic carbocycles. The van der Waals surface area contributed by atoms with Gasteiger partial charge in [-0.3, -0.25) is 5.32 Å². The molecule has 0 aromatic heterocycles. The van der Waals surface area contributed by atoms with E-state index in [0.717, 1.165) is 5.56 Å². The Labute approximate surface area is 81.7 Å². The van der Waals surface area contributed by atoms with Gasteiger partial charge >= 0.3 is 6.09 Å². The molecule has 0 aliphatic carbocycles. The summed E-state index contributed by atoms with van der Waals surface area (Å²) in [5, 5.41) is 3.22. The predicted octanol–water partition coefficient (Wildman–Crippen LogP) is 2.83. The van der Waals surface area contributed by atoms with Crippen molar-refractivity contribution in [1.29, 1.82) is 0 Å². The summed E-state index contributed by atoms with van der Waals surface area (Å²) in [5.74, 6) is 0. The highest BCUT2D eigenvalue weighted by molar-refractivity contribution is 6.31. The van der Waals surface area contributed by atoms with E-state index in [9.17, 15) is 4.79 Å². The molecule has 0 atom stereocenters. The van der Waals surface area contributed by atoms with E-state index >= 15 is 0 Å². The average Bonchev–Trinajstić information content (AvgIpc) is 2.11. The fraction of sp³-hybridized carbons (Fsp3) is 0.222. The summed E-state index contributed by atoms with van der Waals surface area (Å²) in [5.41, 5.74) is 1.59.